The molecule has 5 atom stereocenters. The van der Waals surface area contributed by atoms with Crippen LogP contribution in [0.4, 0.5) is 5.82 Å². The first-order valence-electron chi connectivity index (χ1n) is 6.38. The van der Waals surface area contributed by atoms with E-state index in [-0.39, 0.29) is 17.9 Å². The van der Waals surface area contributed by atoms with E-state index in [0.717, 1.165) is 0 Å². The lowest BCUT2D eigenvalue weighted by atomic mass is 10.1. The number of anilines is 1. The van der Waals surface area contributed by atoms with Crippen LogP contribution >= 0.6 is 7.82 Å². The molecule has 1 unspecified atom stereocenters. The Labute approximate surface area is 128 Å². The molecule has 126 valence electrons. The summed E-state index contributed by atoms with van der Waals surface area (Å²) in [6.07, 6.45) is -1.07. The highest BCUT2D eigenvalue weighted by Crippen LogP contribution is 2.52. The number of aliphatic hydroxyl groups excluding tert-OH is 1. The van der Waals surface area contributed by atoms with Crippen molar-refractivity contribution in [2.24, 2.45) is 0 Å². The molecule has 2 aliphatic rings. The van der Waals surface area contributed by atoms with Crippen LogP contribution in [0.5, 0.6) is 0 Å². The van der Waals surface area contributed by atoms with E-state index in [0.29, 0.717) is 11.2 Å². The van der Waals surface area contributed by atoms with Crippen LogP contribution < -0.4 is 5.73 Å². The van der Waals surface area contributed by atoms with Gasteiger partial charge in [0, 0.05) is 0 Å². The Morgan fingerprint density at radius 2 is 2.17 bits per heavy atom. The summed E-state index contributed by atoms with van der Waals surface area (Å²) < 4.78 is 28.2. The molecular formula is C10H14N5O7P. The molecule has 0 amide bonds. The van der Waals surface area contributed by atoms with Gasteiger partial charge in [0.15, 0.2) is 17.7 Å². The van der Waals surface area contributed by atoms with Crippen molar-refractivity contribution in [1.29, 1.82) is 0 Å². The fourth-order valence-corrected chi connectivity index (χ4v) is 3.59. The first-order chi connectivity index (χ1) is 10.5. The number of nitrogen functional groups attached to an aromatic ring is 1. The Morgan fingerprint density at radius 1 is 1.39 bits per heavy atom. The first-order valence-corrected chi connectivity index (χ1v) is 7.88. The number of imidazole rings is 1. The predicted octanol–water partition coefficient (Wildman–Crippen LogP) is -1.64. The smallest absolute Gasteiger partial charge is 0.412 e. The van der Waals surface area contributed by atoms with Crippen molar-refractivity contribution in [3.05, 3.63) is 12.7 Å². The third-order valence-corrected chi connectivity index (χ3v) is 4.61. The number of nitrogens with zero attached hydrogens (tertiary/aromatic N) is 4. The van der Waals surface area contributed by atoms with Gasteiger partial charge in [0.25, 0.3) is 0 Å². The van der Waals surface area contributed by atoms with Crippen molar-refractivity contribution in [1.82, 2.24) is 19.5 Å². The van der Waals surface area contributed by atoms with E-state index < -0.39 is 32.4 Å². The van der Waals surface area contributed by atoms with Crippen LogP contribution in [-0.4, -0.2) is 59.9 Å². The number of phosphoric ester groups is 1. The molecule has 2 aromatic rings. The van der Waals surface area contributed by atoms with Gasteiger partial charge < -0.3 is 25.9 Å². The van der Waals surface area contributed by atoms with Crippen LogP contribution in [-0.2, 0) is 18.3 Å². The molecule has 12 nitrogen and oxygen atoms in total. The average molecular weight is 347 g/mol. The minimum Gasteiger partial charge on any atom is -0.412 e. The fourth-order valence-electron chi connectivity index (χ4n) is 2.62. The Bertz CT molecular complexity index is 784. The van der Waals surface area contributed by atoms with Crippen molar-refractivity contribution in [2.45, 2.75) is 24.5 Å². The highest BCUT2D eigenvalue weighted by Gasteiger charge is 2.52. The molecule has 13 heteroatoms. The number of fused-ring (bicyclic) bond motifs is 2. The summed E-state index contributed by atoms with van der Waals surface area (Å²) in [7, 11) is -4.16. The summed E-state index contributed by atoms with van der Waals surface area (Å²) in [6, 6.07) is 0. The summed E-state index contributed by atoms with van der Waals surface area (Å²) in [5, 5.41) is 10.4. The van der Waals surface area contributed by atoms with Gasteiger partial charge in [-0.15, -0.1) is 0 Å². The predicted molar refractivity (Wildman–Crippen MR) is 73.9 cm³/mol. The van der Waals surface area contributed by atoms with Gasteiger partial charge in [0.05, 0.1) is 12.9 Å². The minimum absolute atomic E-state index is 0. The van der Waals surface area contributed by atoms with Crippen molar-refractivity contribution in [3.63, 3.8) is 0 Å². The van der Waals surface area contributed by atoms with Crippen molar-refractivity contribution in [2.75, 3.05) is 12.3 Å². The summed E-state index contributed by atoms with van der Waals surface area (Å²) >= 11 is 0. The molecule has 0 saturated carbocycles. The molecule has 0 aromatic carbocycles. The summed E-state index contributed by atoms with van der Waals surface area (Å²) in [6.45, 7) is -0.157. The summed E-state index contributed by atoms with van der Waals surface area (Å²) in [5.41, 5.74) is 6.46. The maximum Gasteiger partial charge on any atom is 0.472 e. The zero-order chi connectivity index (χ0) is 15.5. The molecule has 2 aromatic heterocycles. The van der Waals surface area contributed by atoms with Crippen LogP contribution in [0.25, 0.3) is 11.2 Å². The van der Waals surface area contributed by atoms with Gasteiger partial charge in [0.1, 0.15) is 30.2 Å². The topological polar surface area (TPSA) is 186 Å². The van der Waals surface area contributed by atoms with Crippen LogP contribution in [0.1, 0.15) is 6.23 Å². The Morgan fingerprint density at radius 3 is 2.96 bits per heavy atom. The maximum absolute atomic E-state index is 11.5. The number of aliphatic hydroxyl groups is 1. The van der Waals surface area contributed by atoms with Gasteiger partial charge in [-0.1, -0.05) is 0 Å². The van der Waals surface area contributed by atoms with Crippen LogP contribution in [0.3, 0.4) is 0 Å². The summed E-state index contributed by atoms with van der Waals surface area (Å²) in [4.78, 5) is 21.3. The SMILES string of the molecule is Nc1ncnc2c1ncn2[C@@H]1O[C@@H]2COP(=O)(O)O[C@H]2[C@H]1O.O. The molecule has 2 fully saturated rings. The van der Waals surface area contributed by atoms with Crippen molar-refractivity contribution in [3.8, 4) is 0 Å². The van der Waals surface area contributed by atoms with E-state index in [1.54, 1.807) is 0 Å². The molecule has 4 rings (SSSR count). The lowest BCUT2D eigenvalue weighted by Crippen LogP contribution is -2.39. The van der Waals surface area contributed by atoms with Gasteiger partial charge in [-0.05, 0) is 0 Å². The number of rotatable bonds is 1. The fraction of sp³-hybridized carbons (Fsp3) is 0.500. The second kappa shape index (κ2) is 5.46. The van der Waals surface area contributed by atoms with E-state index in [2.05, 4.69) is 19.5 Å². The maximum atomic E-state index is 11.5. The highest BCUT2D eigenvalue weighted by molar-refractivity contribution is 7.47. The number of nitrogens with two attached hydrogens (primary N) is 1. The van der Waals surface area contributed by atoms with Crippen LogP contribution in [0.2, 0.25) is 0 Å². The van der Waals surface area contributed by atoms with E-state index in [4.69, 9.17) is 15.0 Å². The molecule has 4 heterocycles. The van der Waals surface area contributed by atoms with Crippen LogP contribution in [0.15, 0.2) is 12.7 Å². The van der Waals surface area contributed by atoms with Gasteiger partial charge in [-0.2, -0.15) is 0 Å². The second-order valence-corrected chi connectivity index (χ2v) is 6.38. The monoisotopic (exact) mass is 347 g/mol. The zero-order valence-corrected chi connectivity index (χ0v) is 12.4. The summed E-state index contributed by atoms with van der Waals surface area (Å²) in [5.74, 6) is 0.202. The third-order valence-electron chi connectivity index (χ3n) is 3.63. The number of phosphoric acid groups is 1. The quantitative estimate of drug-likeness (QED) is 0.505. The number of hydrogen-bond donors (Lipinski definition) is 3. The third kappa shape index (κ3) is 2.50. The number of ether oxygens (including phenoxy) is 1. The normalized spacial score (nSPS) is 36.6. The first kappa shape index (κ1) is 16.2. The van der Waals surface area contributed by atoms with E-state index in [9.17, 15) is 14.6 Å². The van der Waals surface area contributed by atoms with Crippen molar-refractivity contribution >= 4 is 24.8 Å². The molecule has 0 radical (unpaired) electrons. The Kier molecular flexibility index (Phi) is 3.84. The molecule has 23 heavy (non-hydrogen) atoms. The minimum atomic E-state index is -4.16. The van der Waals surface area contributed by atoms with Gasteiger partial charge in [-0.25, -0.2) is 19.5 Å². The molecule has 0 aliphatic carbocycles. The lowest BCUT2D eigenvalue weighted by Gasteiger charge is -2.27. The van der Waals surface area contributed by atoms with E-state index in [1.807, 2.05) is 0 Å². The molecule has 2 aliphatic heterocycles. The molecule has 0 bridgehead atoms. The highest BCUT2D eigenvalue weighted by atomic mass is 31.2. The molecule has 2 saturated heterocycles. The Balaban J connectivity index is 0.00000156. The Hall–Kier alpha value is -1.66. The molecular weight excluding hydrogens is 333 g/mol. The largest absolute Gasteiger partial charge is 0.472 e. The average Bonchev–Trinajstić information content (AvgIpc) is 3.01. The van der Waals surface area contributed by atoms with Gasteiger partial charge in [0.2, 0.25) is 0 Å². The molecule has 0 spiro atoms. The lowest BCUT2D eigenvalue weighted by molar-refractivity contribution is -0.0664. The van der Waals surface area contributed by atoms with Crippen LogP contribution in [0, 0.1) is 0 Å². The zero-order valence-electron chi connectivity index (χ0n) is 11.5. The standard InChI is InChI=1S/C10H12N5O6P.H2O/c11-8-5-9(13-2-12-8)15(3-14-5)10-6(16)7-4(20-10)1-19-22(17,18)21-7;/h2-4,6-7,10,16H,1H2,(H,17,18)(H2,11,12,13);1H2/t4-,6-,7-,10-;/m1./s1. The molecule has 6 N–H and O–H groups in total. The number of aromatic nitrogens is 4. The van der Waals surface area contributed by atoms with Crippen molar-refractivity contribution < 1.29 is 33.8 Å². The van der Waals surface area contributed by atoms with E-state index >= 15 is 0 Å². The van der Waals surface area contributed by atoms with Gasteiger partial charge >= 0.3 is 7.82 Å². The van der Waals surface area contributed by atoms with Gasteiger partial charge in [-0.3, -0.25) is 13.6 Å². The van der Waals surface area contributed by atoms with E-state index in [1.165, 1.54) is 17.2 Å². The number of hydrogen-bond acceptors (Lipinski definition) is 9. The second-order valence-electron chi connectivity index (χ2n) is 4.97.